The molecule has 0 rings (SSSR count). The smallest absolute Gasteiger partial charge is 0.217 e. The predicted molar refractivity (Wildman–Crippen MR) is 82.1 cm³/mol. The van der Waals surface area contributed by atoms with E-state index in [2.05, 4.69) is 23.7 Å². The Balaban J connectivity index is 5.29. The number of nitrogens with two attached hydrogens (primary N) is 2. The highest BCUT2D eigenvalue weighted by Gasteiger charge is 2.32. The van der Waals surface area contributed by atoms with Gasteiger partial charge >= 0.3 is 0 Å². The monoisotopic (exact) mass is 352 g/mol. The van der Waals surface area contributed by atoms with Gasteiger partial charge in [-0.1, -0.05) is 11.8 Å². The van der Waals surface area contributed by atoms with Crippen molar-refractivity contribution in [3.8, 4) is 23.7 Å². The third-order valence-electron chi connectivity index (χ3n) is 2.74. The van der Waals surface area contributed by atoms with Gasteiger partial charge in [0.2, 0.25) is 20.0 Å². The van der Waals surface area contributed by atoms with E-state index in [0.717, 1.165) is 0 Å². The van der Waals surface area contributed by atoms with Crippen molar-refractivity contribution in [1.82, 2.24) is 0 Å². The van der Waals surface area contributed by atoms with Crippen molar-refractivity contribution in [1.29, 1.82) is 0 Å². The highest BCUT2D eigenvalue weighted by molar-refractivity contribution is 7.90. The van der Waals surface area contributed by atoms with Crippen LogP contribution in [0.25, 0.3) is 0 Å². The molecule has 0 saturated carbocycles. The number of rotatable bonds is 7. The second-order valence-electron chi connectivity index (χ2n) is 4.41. The molecule has 0 aliphatic rings. The van der Waals surface area contributed by atoms with Crippen LogP contribution in [0.15, 0.2) is 0 Å². The minimum Gasteiger partial charge on any atom is -0.379 e. The van der Waals surface area contributed by atoms with Crippen LogP contribution in [0.5, 0.6) is 0 Å². The molecule has 0 amide bonds. The fourth-order valence-corrected chi connectivity index (χ4v) is 2.60. The Morgan fingerprint density at radius 3 is 1.91 bits per heavy atom. The van der Waals surface area contributed by atoms with Crippen molar-refractivity contribution in [2.45, 2.75) is 43.5 Å². The first kappa shape index (κ1) is 20.9. The lowest BCUT2D eigenvalue weighted by Gasteiger charge is -2.22. The highest BCUT2D eigenvalue weighted by atomic mass is 32.2. The Labute approximate surface area is 131 Å². The van der Waals surface area contributed by atoms with Crippen molar-refractivity contribution in [2.75, 3.05) is 6.61 Å². The normalized spacial score (nSPS) is 17.2. The standard InChI is InChI=1S/C12H20N2O6S2/c1-4-6-10(15)12(22(14,18)19)8-20-11(7-5-2)9(3)21(13,16)17/h9-12,15H,8H2,1-3H3,(H2,13,16,17)(H2,14,18,19)/t9-,10-,11+,12+/m0/s1. The Morgan fingerprint density at radius 2 is 1.55 bits per heavy atom. The zero-order valence-electron chi connectivity index (χ0n) is 12.5. The van der Waals surface area contributed by atoms with Gasteiger partial charge in [-0.25, -0.2) is 27.1 Å². The maximum absolute atomic E-state index is 11.5. The molecule has 0 heterocycles. The lowest BCUT2D eigenvalue weighted by Crippen LogP contribution is -2.44. The molecule has 0 aliphatic carbocycles. The van der Waals surface area contributed by atoms with Gasteiger partial charge in [0.1, 0.15) is 22.7 Å². The van der Waals surface area contributed by atoms with Gasteiger partial charge in [-0.3, -0.25) is 0 Å². The summed E-state index contributed by atoms with van der Waals surface area (Å²) in [5.41, 5.74) is 0. The first-order chi connectivity index (χ1) is 9.95. The van der Waals surface area contributed by atoms with Gasteiger partial charge in [0, 0.05) is 0 Å². The molecule has 0 aliphatic heterocycles. The third-order valence-corrected chi connectivity index (χ3v) is 5.26. The number of primary sulfonamides is 2. The quantitative estimate of drug-likeness (QED) is 0.456. The predicted octanol–water partition coefficient (Wildman–Crippen LogP) is -1.89. The van der Waals surface area contributed by atoms with E-state index in [1.165, 1.54) is 20.8 Å². The topological polar surface area (TPSA) is 150 Å². The van der Waals surface area contributed by atoms with Gasteiger partial charge in [0.15, 0.2) is 0 Å². The Kier molecular flexibility index (Phi) is 8.04. The van der Waals surface area contributed by atoms with E-state index in [9.17, 15) is 21.9 Å². The average Bonchev–Trinajstić information content (AvgIpc) is 2.34. The first-order valence-corrected chi connectivity index (χ1v) is 9.34. The summed E-state index contributed by atoms with van der Waals surface area (Å²) >= 11 is 0. The SMILES string of the molecule is CC#C[C@H](O)[C@@H](CO[C@H](C#CC)[C@H](C)S(N)(=O)=O)S(N)(=O)=O. The summed E-state index contributed by atoms with van der Waals surface area (Å²) < 4.78 is 50.8. The molecule has 0 spiro atoms. The molecule has 0 fully saturated rings. The summed E-state index contributed by atoms with van der Waals surface area (Å²) in [5.74, 6) is 9.57. The molecular formula is C12H20N2O6S2. The number of hydrogen-bond donors (Lipinski definition) is 3. The summed E-state index contributed by atoms with van der Waals surface area (Å²) in [6.45, 7) is 3.58. The van der Waals surface area contributed by atoms with Crippen molar-refractivity contribution in [2.24, 2.45) is 10.3 Å². The van der Waals surface area contributed by atoms with E-state index in [0.29, 0.717) is 0 Å². The van der Waals surface area contributed by atoms with Crippen LogP contribution in [0.4, 0.5) is 0 Å². The van der Waals surface area contributed by atoms with Crippen LogP contribution in [-0.4, -0.2) is 51.3 Å². The summed E-state index contributed by atoms with van der Waals surface area (Å²) in [6.07, 6.45) is -2.73. The minimum absolute atomic E-state index is 0.576. The maximum atomic E-state index is 11.5. The van der Waals surface area contributed by atoms with Gasteiger partial charge in [0.25, 0.3) is 0 Å². The van der Waals surface area contributed by atoms with E-state index >= 15 is 0 Å². The van der Waals surface area contributed by atoms with Crippen LogP contribution in [0.2, 0.25) is 0 Å². The Bertz CT molecular complexity index is 693. The van der Waals surface area contributed by atoms with Gasteiger partial charge in [-0.05, 0) is 20.8 Å². The molecule has 22 heavy (non-hydrogen) atoms. The number of sulfonamides is 2. The Morgan fingerprint density at radius 1 is 1.05 bits per heavy atom. The number of hydrogen-bond acceptors (Lipinski definition) is 6. The second kappa shape index (κ2) is 8.48. The zero-order chi connectivity index (χ0) is 17.6. The molecule has 126 valence electrons. The van der Waals surface area contributed by atoms with Crippen molar-refractivity contribution in [3.05, 3.63) is 0 Å². The summed E-state index contributed by atoms with van der Waals surface area (Å²) in [4.78, 5) is 0. The molecule has 0 aromatic rings. The van der Waals surface area contributed by atoms with Gasteiger partial charge in [-0.2, -0.15) is 0 Å². The fourth-order valence-electron chi connectivity index (χ4n) is 1.41. The third kappa shape index (κ3) is 6.75. The minimum atomic E-state index is -4.16. The molecule has 0 unspecified atom stereocenters. The molecule has 0 radical (unpaired) electrons. The number of aliphatic hydroxyl groups is 1. The summed E-state index contributed by atoms with van der Waals surface area (Å²) in [5, 5.41) is 17.0. The summed E-state index contributed by atoms with van der Waals surface area (Å²) in [7, 11) is -8.10. The second-order valence-corrected chi connectivity index (χ2v) is 8.11. The van der Waals surface area contributed by atoms with Gasteiger partial charge in [-0.15, -0.1) is 11.8 Å². The molecule has 0 aromatic heterocycles. The summed E-state index contributed by atoms with van der Waals surface area (Å²) in [6, 6.07) is 0. The molecule has 0 saturated heterocycles. The van der Waals surface area contributed by atoms with Crippen molar-refractivity contribution >= 4 is 20.0 Å². The van der Waals surface area contributed by atoms with E-state index in [1.54, 1.807) is 0 Å². The maximum Gasteiger partial charge on any atom is 0.217 e. The molecule has 10 heteroatoms. The van der Waals surface area contributed by atoms with Crippen LogP contribution < -0.4 is 10.3 Å². The zero-order valence-corrected chi connectivity index (χ0v) is 14.1. The van der Waals surface area contributed by atoms with Crippen LogP contribution >= 0.6 is 0 Å². The van der Waals surface area contributed by atoms with Crippen LogP contribution in [0.1, 0.15) is 20.8 Å². The largest absolute Gasteiger partial charge is 0.379 e. The van der Waals surface area contributed by atoms with E-state index < -0.39 is 49.4 Å². The van der Waals surface area contributed by atoms with Gasteiger partial charge in [0.05, 0.1) is 6.61 Å². The van der Waals surface area contributed by atoms with E-state index in [4.69, 9.17) is 15.0 Å². The van der Waals surface area contributed by atoms with Crippen molar-refractivity contribution in [3.63, 3.8) is 0 Å². The lowest BCUT2D eigenvalue weighted by atomic mass is 10.2. The number of aliphatic hydroxyl groups excluding tert-OH is 1. The first-order valence-electron chi connectivity index (χ1n) is 6.12. The van der Waals surface area contributed by atoms with Crippen molar-refractivity contribution < 1.29 is 26.7 Å². The van der Waals surface area contributed by atoms with E-state index in [1.807, 2.05) is 0 Å². The van der Waals surface area contributed by atoms with Crippen LogP contribution in [0.3, 0.4) is 0 Å². The van der Waals surface area contributed by atoms with Crippen LogP contribution in [0, 0.1) is 23.7 Å². The molecular weight excluding hydrogens is 332 g/mol. The molecule has 0 bridgehead atoms. The highest BCUT2D eigenvalue weighted by Crippen LogP contribution is 2.10. The van der Waals surface area contributed by atoms with E-state index in [-0.39, 0.29) is 0 Å². The lowest BCUT2D eigenvalue weighted by molar-refractivity contribution is 0.0706. The molecule has 8 nitrogen and oxygen atoms in total. The fraction of sp³-hybridized carbons (Fsp3) is 0.667. The molecule has 5 N–H and O–H groups in total. The molecule has 0 aromatic carbocycles. The average molecular weight is 352 g/mol. The van der Waals surface area contributed by atoms with Crippen LogP contribution in [-0.2, 0) is 24.8 Å². The number of ether oxygens (including phenoxy) is 1. The molecule has 4 atom stereocenters. The Hall–Kier alpha value is -1.14. The van der Waals surface area contributed by atoms with Gasteiger partial charge < -0.3 is 9.84 Å².